The molecule has 2 N–H and O–H groups in total. The number of hydrogen-bond acceptors (Lipinski definition) is 8. The highest BCUT2D eigenvalue weighted by Crippen LogP contribution is 2.33. The van der Waals surface area contributed by atoms with Crippen LogP contribution in [0.4, 0.5) is 17.3 Å². The minimum atomic E-state index is -0.427. The lowest BCUT2D eigenvalue weighted by atomic mass is 10.1. The fourth-order valence-corrected chi connectivity index (χ4v) is 2.54. The molecule has 0 aliphatic carbocycles. The van der Waals surface area contributed by atoms with Gasteiger partial charge in [0, 0.05) is 38.3 Å². The summed E-state index contributed by atoms with van der Waals surface area (Å²) in [6.45, 7) is 9.25. The molecule has 9 heteroatoms. The number of anilines is 2. The van der Waals surface area contributed by atoms with Crippen molar-refractivity contribution in [2.45, 2.75) is 26.3 Å². The molecule has 2 heterocycles. The molecule has 9 nitrogen and oxygen atoms in total. The van der Waals surface area contributed by atoms with Gasteiger partial charge in [0.25, 0.3) is 0 Å². The van der Waals surface area contributed by atoms with Gasteiger partial charge in [-0.2, -0.15) is 0 Å². The molecule has 1 aliphatic heterocycles. The maximum absolute atomic E-state index is 11.6. The molecule has 1 saturated heterocycles. The summed E-state index contributed by atoms with van der Waals surface area (Å²) in [5, 5.41) is 23.6. The Morgan fingerprint density at radius 1 is 1.30 bits per heavy atom. The van der Waals surface area contributed by atoms with Crippen molar-refractivity contribution < 1.29 is 10.0 Å². The average Bonchev–Trinajstić information content (AvgIpc) is 2.46. The molecule has 1 aromatic rings. The second kappa shape index (κ2) is 7.05. The van der Waals surface area contributed by atoms with Crippen LogP contribution in [0, 0.1) is 10.1 Å². The summed E-state index contributed by atoms with van der Waals surface area (Å²) in [6.07, 6.45) is 1.36. The quantitative estimate of drug-likeness (QED) is 0.602. The number of piperazine rings is 1. The van der Waals surface area contributed by atoms with Crippen molar-refractivity contribution in [3.63, 3.8) is 0 Å². The van der Waals surface area contributed by atoms with E-state index in [1.165, 1.54) is 6.33 Å². The maximum atomic E-state index is 11.6. The molecule has 23 heavy (non-hydrogen) atoms. The smallest absolute Gasteiger partial charge is 0.353 e. The van der Waals surface area contributed by atoms with E-state index in [1.54, 1.807) is 0 Å². The average molecular weight is 324 g/mol. The summed E-state index contributed by atoms with van der Waals surface area (Å²) in [5.74, 6) is 0.589. The summed E-state index contributed by atoms with van der Waals surface area (Å²) in [4.78, 5) is 23.4. The molecule has 0 spiro atoms. The second-order valence-corrected chi connectivity index (χ2v) is 6.58. The number of rotatable bonds is 5. The van der Waals surface area contributed by atoms with E-state index >= 15 is 0 Å². The summed E-state index contributed by atoms with van der Waals surface area (Å²) >= 11 is 0. The van der Waals surface area contributed by atoms with Crippen LogP contribution in [-0.2, 0) is 0 Å². The highest BCUT2D eigenvalue weighted by Gasteiger charge is 2.30. The van der Waals surface area contributed by atoms with Gasteiger partial charge in [0.1, 0.15) is 6.33 Å². The molecule has 2 rings (SSSR count). The Morgan fingerprint density at radius 3 is 2.48 bits per heavy atom. The first kappa shape index (κ1) is 17.4. The molecule has 0 radical (unpaired) electrons. The van der Waals surface area contributed by atoms with Gasteiger partial charge < -0.3 is 15.3 Å². The molecule has 0 bridgehead atoms. The predicted octanol–water partition coefficient (Wildman–Crippen LogP) is 0.709. The Morgan fingerprint density at radius 2 is 1.96 bits per heavy atom. The van der Waals surface area contributed by atoms with Crippen molar-refractivity contribution in [3.8, 4) is 0 Å². The fraction of sp³-hybridized carbons (Fsp3) is 0.714. The van der Waals surface area contributed by atoms with E-state index in [9.17, 15) is 10.1 Å². The first-order valence-corrected chi connectivity index (χ1v) is 7.67. The molecule has 128 valence electrons. The lowest BCUT2D eigenvalue weighted by Crippen LogP contribution is -2.47. The highest BCUT2D eigenvalue weighted by molar-refractivity contribution is 5.70. The summed E-state index contributed by atoms with van der Waals surface area (Å²) in [6, 6.07) is 0. The van der Waals surface area contributed by atoms with Crippen molar-refractivity contribution in [1.82, 2.24) is 14.9 Å². The molecular weight excluding hydrogens is 300 g/mol. The van der Waals surface area contributed by atoms with Crippen LogP contribution in [0.25, 0.3) is 0 Å². The summed E-state index contributed by atoms with van der Waals surface area (Å²) in [5.41, 5.74) is -0.422. The molecule has 0 atom stereocenters. The first-order chi connectivity index (χ1) is 10.8. The van der Waals surface area contributed by atoms with E-state index in [4.69, 9.17) is 5.11 Å². The van der Waals surface area contributed by atoms with Gasteiger partial charge in [-0.05, 0) is 20.8 Å². The number of aromatic nitrogens is 2. The first-order valence-electron chi connectivity index (χ1n) is 7.67. The van der Waals surface area contributed by atoms with Gasteiger partial charge in [-0.1, -0.05) is 0 Å². The highest BCUT2D eigenvalue weighted by atomic mass is 16.6. The lowest BCUT2D eigenvalue weighted by Gasteiger charge is -2.34. The van der Waals surface area contributed by atoms with Crippen molar-refractivity contribution in [2.24, 2.45) is 0 Å². The van der Waals surface area contributed by atoms with Crippen molar-refractivity contribution >= 4 is 17.3 Å². The molecule has 1 aromatic heterocycles. The van der Waals surface area contributed by atoms with E-state index in [-0.39, 0.29) is 23.7 Å². The van der Waals surface area contributed by atoms with Crippen LogP contribution in [0.2, 0.25) is 0 Å². The van der Waals surface area contributed by atoms with Gasteiger partial charge in [-0.25, -0.2) is 9.97 Å². The SMILES string of the molecule is CC(C)(C)Nc1ncnc(N2CCN(CCO)CC2)c1[N+](=O)[O-]. The third-order valence-electron chi connectivity index (χ3n) is 3.57. The minimum absolute atomic E-state index is 0.0852. The van der Waals surface area contributed by atoms with Gasteiger partial charge in [-0.15, -0.1) is 0 Å². The number of aliphatic hydroxyl groups excluding tert-OH is 1. The number of β-amino-alcohol motifs (C(OH)–C–C–N with tert-alkyl or cyclic N) is 1. The van der Waals surface area contributed by atoms with Gasteiger partial charge in [0.2, 0.25) is 11.6 Å². The Balaban J connectivity index is 2.25. The van der Waals surface area contributed by atoms with Gasteiger partial charge in [0.15, 0.2) is 0 Å². The van der Waals surface area contributed by atoms with Crippen LogP contribution in [0.3, 0.4) is 0 Å². The Bertz CT molecular complexity index is 552. The Hall–Kier alpha value is -2.00. The van der Waals surface area contributed by atoms with Crippen molar-refractivity contribution in [3.05, 3.63) is 16.4 Å². The molecule has 1 aliphatic rings. The van der Waals surface area contributed by atoms with Crippen molar-refractivity contribution in [2.75, 3.05) is 49.5 Å². The van der Waals surface area contributed by atoms with Gasteiger partial charge in [0.05, 0.1) is 11.5 Å². The molecule has 0 unspecified atom stereocenters. The molecule has 0 amide bonds. The monoisotopic (exact) mass is 324 g/mol. The van der Waals surface area contributed by atoms with Gasteiger partial charge >= 0.3 is 5.69 Å². The number of nitrogens with one attached hydrogen (secondary N) is 1. The van der Waals surface area contributed by atoms with E-state index < -0.39 is 4.92 Å². The van der Waals surface area contributed by atoms with E-state index in [1.807, 2.05) is 25.7 Å². The van der Waals surface area contributed by atoms with Crippen LogP contribution in [0.15, 0.2) is 6.33 Å². The predicted molar refractivity (Wildman–Crippen MR) is 87.8 cm³/mol. The number of nitrogens with zero attached hydrogens (tertiary/aromatic N) is 5. The van der Waals surface area contributed by atoms with Crippen molar-refractivity contribution in [1.29, 1.82) is 0 Å². The van der Waals surface area contributed by atoms with Crippen LogP contribution in [0.5, 0.6) is 0 Å². The molecule has 0 aromatic carbocycles. The number of hydrogen-bond donors (Lipinski definition) is 2. The Kier molecular flexibility index (Phi) is 5.32. The minimum Gasteiger partial charge on any atom is -0.395 e. The second-order valence-electron chi connectivity index (χ2n) is 6.58. The topological polar surface area (TPSA) is 108 Å². The van der Waals surface area contributed by atoms with E-state index in [0.29, 0.717) is 25.5 Å². The zero-order valence-corrected chi connectivity index (χ0v) is 13.8. The van der Waals surface area contributed by atoms with Crippen LogP contribution in [0.1, 0.15) is 20.8 Å². The van der Waals surface area contributed by atoms with Crippen LogP contribution < -0.4 is 10.2 Å². The number of nitro groups is 1. The van der Waals surface area contributed by atoms with Crippen LogP contribution in [-0.4, -0.2) is 69.8 Å². The third-order valence-corrected chi connectivity index (χ3v) is 3.57. The normalized spacial score (nSPS) is 16.4. The third kappa shape index (κ3) is 4.49. The molecular formula is C14H24N6O3. The standard InChI is InChI=1S/C14H24N6O3/c1-14(2,3)17-12-11(20(22)23)13(16-10-15-12)19-6-4-18(5-7-19)8-9-21/h10,21H,4-9H2,1-3H3,(H,15,16,17). The zero-order valence-electron chi connectivity index (χ0n) is 13.8. The fourth-order valence-electron chi connectivity index (χ4n) is 2.54. The number of aliphatic hydroxyl groups is 1. The van der Waals surface area contributed by atoms with Gasteiger partial charge in [-0.3, -0.25) is 15.0 Å². The Labute approximate surface area is 135 Å². The summed E-state index contributed by atoms with van der Waals surface area (Å²) in [7, 11) is 0. The maximum Gasteiger partial charge on any atom is 0.353 e. The van der Waals surface area contributed by atoms with E-state index in [2.05, 4.69) is 20.2 Å². The lowest BCUT2D eigenvalue weighted by molar-refractivity contribution is -0.383. The van der Waals surface area contributed by atoms with E-state index in [0.717, 1.165) is 13.1 Å². The van der Waals surface area contributed by atoms with Crippen LogP contribution >= 0.6 is 0 Å². The molecule has 1 fully saturated rings. The zero-order chi connectivity index (χ0) is 17.0. The molecule has 0 saturated carbocycles. The summed E-state index contributed by atoms with van der Waals surface area (Å²) < 4.78 is 0. The largest absolute Gasteiger partial charge is 0.395 e.